The highest BCUT2D eigenvalue weighted by atomic mass is 19.4. The van der Waals surface area contributed by atoms with Crippen molar-refractivity contribution < 1.29 is 36.6 Å². The quantitative estimate of drug-likeness (QED) is 0.283. The number of ether oxygens (including phenoxy) is 1. The lowest BCUT2D eigenvalue weighted by Gasteiger charge is -2.33. The summed E-state index contributed by atoms with van der Waals surface area (Å²) in [7, 11) is 0. The zero-order chi connectivity index (χ0) is 32.1. The molecule has 0 radical (unpaired) electrons. The van der Waals surface area contributed by atoms with Gasteiger partial charge in [-0.3, -0.25) is 19.7 Å². The number of nitrogens with one attached hydrogen (secondary N) is 2. The minimum Gasteiger partial charge on any atom is -0.376 e. The maximum atomic E-state index is 14.1. The number of carbonyl (C=O) groups excluding carboxylic acids is 1. The Balaban J connectivity index is 1.30. The Labute approximate surface area is 256 Å². The van der Waals surface area contributed by atoms with Crippen LogP contribution in [0.4, 0.5) is 22.0 Å². The Kier molecular flexibility index (Phi) is 8.60. The number of fused-ring (bicyclic) bond motifs is 1. The Morgan fingerprint density at radius 1 is 1.20 bits per heavy atom. The van der Waals surface area contributed by atoms with E-state index in [4.69, 9.17) is 9.72 Å². The van der Waals surface area contributed by atoms with Crippen LogP contribution in [0.5, 0.6) is 0 Å². The van der Waals surface area contributed by atoms with E-state index in [1.807, 2.05) is 13.8 Å². The first-order valence-electron chi connectivity index (χ1n) is 15.2. The molecule has 3 aromatic rings. The standard InChI is InChI=1S/C29H37F5N8O3/c1-16(2)42-21(7-10-35-42)26(43)39-25(17-5-8-28(30,31)9-6-17)20-13-41-24(37-20)11-18(12-36-41)22(15-45-19-3-4-19)40-14-23(29(32,33)34)38-27(40)44/h7,10-13,16-17,19,22-23,25,27,38,44H,3-6,8-9,14-15H2,1-2H3,(H,39,43). The zero-order valence-corrected chi connectivity index (χ0v) is 24.9. The van der Waals surface area contributed by atoms with Crippen molar-refractivity contribution in [1.29, 1.82) is 0 Å². The van der Waals surface area contributed by atoms with Crippen molar-refractivity contribution in [2.75, 3.05) is 13.2 Å². The van der Waals surface area contributed by atoms with Crippen molar-refractivity contribution in [2.45, 2.75) is 101 Å². The molecule has 4 unspecified atom stereocenters. The van der Waals surface area contributed by atoms with Gasteiger partial charge in [-0.1, -0.05) is 0 Å². The molecule has 3 aliphatic rings. The summed E-state index contributed by atoms with van der Waals surface area (Å²) in [4.78, 5) is 19.5. The normalized spacial score (nSPS) is 24.4. The number of aromatic nitrogens is 5. The van der Waals surface area contributed by atoms with E-state index in [0.29, 0.717) is 22.6 Å². The van der Waals surface area contributed by atoms with Crippen molar-refractivity contribution in [2.24, 2.45) is 5.92 Å². The summed E-state index contributed by atoms with van der Waals surface area (Å²) >= 11 is 0. The SMILES string of the molecule is CC(C)n1nccc1C(=O)NC(c1cn2ncc(C(COC3CC3)N3CC(C(F)(F)F)NC3O)cc2n1)C1CCC(F)(F)CC1. The van der Waals surface area contributed by atoms with E-state index in [0.717, 1.165) is 12.8 Å². The van der Waals surface area contributed by atoms with Gasteiger partial charge < -0.3 is 15.2 Å². The van der Waals surface area contributed by atoms with Crippen molar-refractivity contribution in [1.82, 2.24) is 39.9 Å². The summed E-state index contributed by atoms with van der Waals surface area (Å²) in [6.07, 6.45) is 0.00334. The summed E-state index contributed by atoms with van der Waals surface area (Å²) in [6.45, 7) is 3.33. The monoisotopic (exact) mass is 640 g/mol. The van der Waals surface area contributed by atoms with Crippen LogP contribution in [0.1, 0.15) is 92.2 Å². The summed E-state index contributed by atoms with van der Waals surface area (Å²) in [5.41, 5.74) is 1.58. The second-order valence-corrected chi connectivity index (χ2v) is 12.5. The van der Waals surface area contributed by atoms with E-state index in [-0.39, 0.29) is 50.4 Å². The van der Waals surface area contributed by atoms with E-state index in [1.54, 1.807) is 23.0 Å². The van der Waals surface area contributed by atoms with Crippen LogP contribution < -0.4 is 10.6 Å². The van der Waals surface area contributed by atoms with Crippen LogP contribution in [0.2, 0.25) is 0 Å². The fourth-order valence-corrected chi connectivity index (χ4v) is 6.17. The van der Waals surface area contributed by atoms with Crippen LogP contribution in [0.15, 0.2) is 30.7 Å². The lowest BCUT2D eigenvalue weighted by Crippen LogP contribution is -2.42. The number of halogens is 5. The third-order valence-corrected chi connectivity index (χ3v) is 8.84. The molecule has 3 aromatic heterocycles. The summed E-state index contributed by atoms with van der Waals surface area (Å²) in [5, 5.41) is 24.4. The van der Waals surface area contributed by atoms with E-state index in [2.05, 4.69) is 20.8 Å². The first kappa shape index (κ1) is 31.8. The van der Waals surface area contributed by atoms with Crippen molar-refractivity contribution >= 4 is 11.6 Å². The second-order valence-electron chi connectivity index (χ2n) is 12.5. The van der Waals surface area contributed by atoms with E-state index in [9.17, 15) is 31.9 Å². The van der Waals surface area contributed by atoms with Gasteiger partial charge in [0.15, 0.2) is 12.0 Å². The number of hydrogen-bond acceptors (Lipinski definition) is 8. The fraction of sp³-hybridized carbons (Fsp3) is 0.655. The average Bonchev–Trinajstić information content (AvgIpc) is 3.32. The maximum absolute atomic E-state index is 14.1. The Morgan fingerprint density at radius 3 is 2.58 bits per heavy atom. The summed E-state index contributed by atoms with van der Waals surface area (Å²) < 4.78 is 77.6. The van der Waals surface area contributed by atoms with E-state index < -0.39 is 49.0 Å². The number of imidazole rings is 1. The molecule has 1 saturated heterocycles. The number of aliphatic hydroxyl groups is 1. The van der Waals surface area contributed by atoms with Gasteiger partial charge in [0.1, 0.15) is 11.7 Å². The molecule has 0 spiro atoms. The van der Waals surface area contributed by atoms with Gasteiger partial charge in [0.05, 0.1) is 42.9 Å². The Bertz CT molecular complexity index is 1500. The van der Waals surface area contributed by atoms with Gasteiger partial charge in [0.2, 0.25) is 5.92 Å². The predicted molar refractivity (Wildman–Crippen MR) is 150 cm³/mol. The smallest absolute Gasteiger partial charge is 0.376 e. The molecule has 0 bridgehead atoms. The molecule has 3 N–H and O–H groups in total. The van der Waals surface area contributed by atoms with Gasteiger partial charge in [0.25, 0.3) is 5.91 Å². The van der Waals surface area contributed by atoms with E-state index >= 15 is 0 Å². The highest BCUT2D eigenvalue weighted by molar-refractivity contribution is 5.92. The Hall–Kier alpha value is -3.21. The third kappa shape index (κ3) is 6.98. The topological polar surface area (TPSA) is 122 Å². The predicted octanol–water partition coefficient (Wildman–Crippen LogP) is 4.14. The molecule has 1 aliphatic heterocycles. The number of rotatable bonds is 10. The summed E-state index contributed by atoms with van der Waals surface area (Å²) in [6, 6.07) is -0.214. The van der Waals surface area contributed by atoms with Crippen LogP contribution >= 0.6 is 0 Å². The van der Waals surface area contributed by atoms with Crippen molar-refractivity contribution in [3.63, 3.8) is 0 Å². The molecule has 0 aromatic carbocycles. The number of aliphatic hydroxyl groups excluding tert-OH is 1. The molecule has 1 amide bonds. The average molecular weight is 641 g/mol. The molecular weight excluding hydrogens is 603 g/mol. The Morgan fingerprint density at radius 2 is 1.93 bits per heavy atom. The van der Waals surface area contributed by atoms with Gasteiger partial charge in [-0.2, -0.15) is 23.4 Å². The first-order chi connectivity index (χ1) is 21.3. The van der Waals surface area contributed by atoms with Crippen LogP contribution in [0, 0.1) is 5.92 Å². The van der Waals surface area contributed by atoms with Crippen molar-refractivity contribution in [3.05, 3.63) is 47.7 Å². The molecule has 45 heavy (non-hydrogen) atoms. The van der Waals surface area contributed by atoms with Gasteiger partial charge in [0, 0.05) is 31.6 Å². The van der Waals surface area contributed by atoms with Crippen LogP contribution in [-0.2, 0) is 4.74 Å². The third-order valence-electron chi connectivity index (χ3n) is 8.84. The molecule has 11 nitrogen and oxygen atoms in total. The number of carbonyl (C=O) groups is 1. The minimum absolute atomic E-state index is 0.0209. The first-order valence-corrected chi connectivity index (χ1v) is 15.2. The molecule has 2 saturated carbocycles. The lowest BCUT2D eigenvalue weighted by molar-refractivity contribution is -0.152. The number of nitrogens with zero attached hydrogens (tertiary/aromatic N) is 6. The molecular formula is C29H37F5N8O3. The van der Waals surface area contributed by atoms with Gasteiger partial charge in [-0.15, -0.1) is 0 Å². The van der Waals surface area contributed by atoms with Gasteiger partial charge in [-0.05, 0) is 63.1 Å². The van der Waals surface area contributed by atoms with Crippen LogP contribution in [-0.4, -0.2) is 84.0 Å². The fourth-order valence-electron chi connectivity index (χ4n) is 6.17. The lowest BCUT2D eigenvalue weighted by atomic mass is 9.81. The second kappa shape index (κ2) is 12.2. The number of amides is 1. The largest absolute Gasteiger partial charge is 0.405 e. The molecule has 4 heterocycles. The highest BCUT2D eigenvalue weighted by Gasteiger charge is 2.49. The van der Waals surface area contributed by atoms with Gasteiger partial charge in [-0.25, -0.2) is 18.3 Å². The molecule has 246 valence electrons. The molecule has 6 rings (SSSR count). The molecule has 2 aliphatic carbocycles. The number of alkyl halides is 5. The maximum Gasteiger partial charge on any atom is 0.405 e. The van der Waals surface area contributed by atoms with Crippen LogP contribution in [0.25, 0.3) is 5.65 Å². The minimum atomic E-state index is -4.55. The highest BCUT2D eigenvalue weighted by Crippen LogP contribution is 2.41. The van der Waals surface area contributed by atoms with Crippen LogP contribution in [0.3, 0.4) is 0 Å². The van der Waals surface area contributed by atoms with Gasteiger partial charge >= 0.3 is 6.18 Å². The zero-order valence-electron chi connectivity index (χ0n) is 24.9. The molecule has 16 heteroatoms. The van der Waals surface area contributed by atoms with E-state index in [1.165, 1.54) is 21.8 Å². The summed E-state index contributed by atoms with van der Waals surface area (Å²) in [5.74, 6) is -3.51. The number of hydrogen-bond donors (Lipinski definition) is 3. The molecule has 3 fully saturated rings. The molecule has 4 atom stereocenters. The van der Waals surface area contributed by atoms with Crippen molar-refractivity contribution in [3.8, 4) is 0 Å².